The van der Waals surface area contributed by atoms with Crippen LogP contribution in [0.15, 0.2) is 0 Å². The largest absolute Gasteiger partial charge is 0.392 e. The van der Waals surface area contributed by atoms with Gasteiger partial charge in [0.15, 0.2) is 0 Å². The molecule has 0 bridgehead atoms. The lowest BCUT2D eigenvalue weighted by Crippen LogP contribution is -2.42. The summed E-state index contributed by atoms with van der Waals surface area (Å²) in [6.07, 6.45) is 7.89. The molecule has 1 atom stereocenters. The standard InChI is InChI=1S/C13H28N2O3S/c1-12(16)11-15(13-7-4-3-5-8-13)10-6-9-14-19(2,17)18/h12-14,16H,3-11H2,1-2H3. The Morgan fingerprint density at radius 3 is 2.47 bits per heavy atom. The van der Waals surface area contributed by atoms with Crippen molar-refractivity contribution < 1.29 is 13.5 Å². The van der Waals surface area contributed by atoms with E-state index in [0.29, 0.717) is 19.1 Å². The second-order valence-corrected chi connectivity index (χ2v) is 7.49. The molecular formula is C13H28N2O3S. The van der Waals surface area contributed by atoms with Crippen LogP contribution in [0.3, 0.4) is 0 Å². The number of nitrogens with one attached hydrogen (secondary N) is 1. The first-order chi connectivity index (χ1) is 8.88. The Hall–Kier alpha value is -0.170. The Labute approximate surface area is 117 Å². The summed E-state index contributed by atoms with van der Waals surface area (Å²) in [5.74, 6) is 0. The summed E-state index contributed by atoms with van der Waals surface area (Å²) >= 11 is 0. The predicted molar refractivity (Wildman–Crippen MR) is 77.6 cm³/mol. The molecule has 1 saturated carbocycles. The van der Waals surface area contributed by atoms with Crippen LogP contribution in [-0.2, 0) is 10.0 Å². The van der Waals surface area contributed by atoms with Crippen molar-refractivity contribution in [3.63, 3.8) is 0 Å². The highest BCUT2D eigenvalue weighted by Gasteiger charge is 2.21. The van der Waals surface area contributed by atoms with Crippen LogP contribution in [0.5, 0.6) is 0 Å². The van der Waals surface area contributed by atoms with Crippen molar-refractivity contribution >= 4 is 10.0 Å². The quantitative estimate of drug-likeness (QED) is 0.653. The second-order valence-electron chi connectivity index (χ2n) is 5.66. The zero-order valence-electron chi connectivity index (χ0n) is 12.1. The molecule has 0 saturated heterocycles. The smallest absolute Gasteiger partial charge is 0.208 e. The molecule has 1 aliphatic rings. The maximum Gasteiger partial charge on any atom is 0.208 e. The van der Waals surface area contributed by atoms with E-state index < -0.39 is 10.0 Å². The van der Waals surface area contributed by atoms with E-state index >= 15 is 0 Å². The minimum Gasteiger partial charge on any atom is -0.392 e. The molecule has 19 heavy (non-hydrogen) atoms. The molecule has 0 aromatic carbocycles. The first-order valence-electron chi connectivity index (χ1n) is 7.25. The van der Waals surface area contributed by atoms with Crippen molar-refractivity contribution in [1.82, 2.24) is 9.62 Å². The fourth-order valence-electron chi connectivity index (χ4n) is 2.75. The van der Waals surface area contributed by atoms with Crippen molar-refractivity contribution in [2.75, 3.05) is 25.9 Å². The Bertz CT molecular complexity index is 338. The lowest BCUT2D eigenvalue weighted by Gasteiger charge is -2.35. The third-order valence-corrected chi connectivity index (χ3v) is 4.30. The van der Waals surface area contributed by atoms with E-state index in [1.54, 1.807) is 0 Å². The minimum absolute atomic E-state index is 0.329. The Morgan fingerprint density at radius 1 is 1.32 bits per heavy atom. The van der Waals surface area contributed by atoms with Crippen LogP contribution in [0.25, 0.3) is 0 Å². The average molecular weight is 292 g/mol. The zero-order valence-corrected chi connectivity index (χ0v) is 13.0. The number of sulfonamides is 1. The molecule has 0 aromatic rings. The van der Waals surface area contributed by atoms with Gasteiger partial charge in [-0.15, -0.1) is 0 Å². The molecule has 2 N–H and O–H groups in total. The summed E-state index contributed by atoms with van der Waals surface area (Å²) in [6, 6.07) is 0.557. The van der Waals surface area contributed by atoms with Gasteiger partial charge in [0.05, 0.1) is 12.4 Å². The normalized spacial score (nSPS) is 19.8. The second kappa shape index (κ2) is 8.19. The molecule has 1 fully saturated rings. The number of hydrogen-bond acceptors (Lipinski definition) is 4. The van der Waals surface area contributed by atoms with Gasteiger partial charge < -0.3 is 5.11 Å². The SMILES string of the molecule is CC(O)CN(CCCNS(C)(=O)=O)C1CCCCC1. The van der Waals surface area contributed by atoms with E-state index in [9.17, 15) is 13.5 Å². The summed E-state index contributed by atoms with van der Waals surface area (Å²) in [6.45, 7) is 3.81. The third kappa shape index (κ3) is 7.87. The number of nitrogens with zero attached hydrogens (tertiary/aromatic N) is 1. The fraction of sp³-hybridized carbons (Fsp3) is 1.00. The predicted octanol–water partition coefficient (Wildman–Crippen LogP) is 0.941. The lowest BCUT2D eigenvalue weighted by molar-refractivity contribution is 0.0818. The van der Waals surface area contributed by atoms with Gasteiger partial charge in [-0.2, -0.15) is 0 Å². The van der Waals surface area contributed by atoms with Gasteiger partial charge in [0.1, 0.15) is 0 Å². The van der Waals surface area contributed by atoms with E-state index in [1.807, 2.05) is 6.92 Å². The lowest BCUT2D eigenvalue weighted by atomic mass is 9.94. The molecule has 0 aliphatic heterocycles. The van der Waals surface area contributed by atoms with Gasteiger partial charge in [-0.25, -0.2) is 13.1 Å². The summed E-state index contributed by atoms with van der Waals surface area (Å²) in [5, 5.41) is 9.59. The van der Waals surface area contributed by atoms with E-state index in [4.69, 9.17) is 0 Å². The summed E-state index contributed by atoms with van der Waals surface area (Å²) in [4.78, 5) is 2.33. The third-order valence-electron chi connectivity index (χ3n) is 3.58. The monoisotopic (exact) mass is 292 g/mol. The molecule has 6 heteroatoms. The summed E-state index contributed by atoms with van der Waals surface area (Å²) in [5.41, 5.74) is 0. The Kier molecular flexibility index (Phi) is 7.28. The molecule has 1 unspecified atom stereocenters. The van der Waals surface area contributed by atoms with Gasteiger partial charge in [0.25, 0.3) is 0 Å². The number of aliphatic hydroxyl groups excluding tert-OH is 1. The van der Waals surface area contributed by atoms with Gasteiger partial charge in [-0.1, -0.05) is 19.3 Å². The van der Waals surface area contributed by atoms with Gasteiger partial charge in [-0.05, 0) is 32.7 Å². The Morgan fingerprint density at radius 2 is 1.95 bits per heavy atom. The molecule has 1 aliphatic carbocycles. The van der Waals surface area contributed by atoms with Gasteiger partial charge in [0.2, 0.25) is 10.0 Å². The summed E-state index contributed by atoms with van der Waals surface area (Å²) < 4.78 is 24.5. The van der Waals surface area contributed by atoms with Crippen LogP contribution < -0.4 is 4.72 Å². The number of hydrogen-bond donors (Lipinski definition) is 2. The van der Waals surface area contributed by atoms with Crippen molar-refractivity contribution in [2.24, 2.45) is 0 Å². The fourth-order valence-corrected chi connectivity index (χ4v) is 3.26. The van der Waals surface area contributed by atoms with Crippen molar-refractivity contribution in [2.45, 2.75) is 57.6 Å². The van der Waals surface area contributed by atoms with Crippen molar-refractivity contribution in [3.05, 3.63) is 0 Å². The topological polar surface area (TPSA) is 69.6 Å². The highest BCUT2D eigenvalue weighted by Crippen LogP contribution is 2.22. The van der Waals surface area contributed by atoms with Crippen LogP contribution in [0.4, 0.5) is 0 Å². The average Bonchev–Trinajstić information content (AvgIpc) is 2.32. The molecule has 0 aromatic heterocycles. The number of rotatable bonds is 8. The maximum absolute atomic E-state index is 11.0. The van der Waals surface area contributed by atoms with Gasteiger partial charge in [-0.3, -0.25) is 4.90 Å². The van der Waals surface area contributed by atoms with Crippen molar-refractivity contribution in [1.29, 1.82) is 0 Å². The van der Waals surface area contributed by atoms with Crippen molar-refractivity contribution in [3.8, 4) is 0 Å². The van der Waals surface area contributed by atoms with E-state index in [2.05, 4.69) is 9.62 Å². The first kappa shape index (κ1) is 16.9. The minimum atomic E-state index is -3.09. The molecule has 0 amide bonds. The Balaban J connectivity index is 2.36. The van der Waals surface area contributed by atoms with Crippen LogP contribution in [0.1, 0.15) is 45.4 Å². The highest BCUT2D eigenvalue weighted by atomic mass is 32.2. The van der Waals surface area contributed by atoms with Gasteiger partial charge in [0, 0.05) is 19.1 Å². The van der Waals surface area contributed by atoms with E-state index in [0.717, 1.165) is 13.0 Å². The summed E-state index contributed by atoms with van der Waals surface area (Å²) in [7, 11) is -3.09. The van der Waals surface area contributed by atoms with Crippen LogP contribution in [-0.4, -0.2) is 56.5 Å². The van der Waals surface area contributed by atoms with Crippen LogP contribution in [0, 0.1) is 0 Å². The first-order valence-corrected chi connectivity index (χ1v) is 9.14. The van der Waals surface area contributed by atoms with Gasteiger partial charge >= 0.3 is 0 Å². The molecule has 5 nitrogen and oxygen atoms in total. The highest BCUT2D eigenvalue weighted by molar-refractivity contribution is 7.88. The molecule has 1 rings (SSSR count). The molecule has 0 spiro atoms. The molecule has 0 heterocycles. The van der Waals surface area contributed by atoms with Crippen LogP contribution >= 0.6 is 0 Å². The zero-order chi connectivity index (χ0) is 14.3. The molecular weight excluding hydrogens is 264 g/mol. The molecule has 114 valence electrons. The number of aliphatic hydroxyl groups is 1. The molecule has 0 radical (unpaired) electrons. The maximum atomic E-state index is 11.0. The van der Waals surface area contributed by atoms with E-state index in [1.165, 1.54) is 38.4 Å². The van der Waals surface area contributed by atoms with Crippen LogP contribution in [0.2, 0.25) is 0 Å². The van der Waals surface area contributed by atoms with E-state index in [-0.39, 0.29) is 6.10 Å².